The predicted molar refractivity (Wildman–Crippen MR) is 276 cm³/mol. The lowest BCUT2D eigenvalue weighted by Crippen LogP contribution is -2.45. The van der Waals surface area contributed by atoms with Gasteiger partial charge in [-0.1, -0.05) is 287 Å². The summed E-state index contributed by atoms with van der Waals surface area (Å²) in [6.45, 7) is 4.26. The lowest BCUT2D eigenvalue weighted by Gasteiger charge is -2.22. The molecule has 0 aliphatic rings. The highest BCUT2D eigenvalue weighted by molar-refractivity contribution is 5.76. The van der Waals surface area contributed by atoms with Gasteiger partial charge in [-0.15, -0.1) is 0 Å². The first-order valence-corrected chi connectivity index (χ1v) is 27.8. The van der Waals surface area contributed by atoms with E-state index in [4.69, 9.17) is 0 Å². The average molecular weight is 869 g/mol. The van der Waals surface area contributed by atoms with E-state index >= 15 is 0 Å². The van der Waals surface area contributed by atoms with Gasteiger partial charge in [-0.05, 0) is 51.4 Å². The second-order valence-electron chi connectivity index (χ2n) is 19.0. The molecule has 0 saturated heterocycles. The van der Waals surface area contributed by atoms with Gasteiger partial charge in [0, 0.05) is 6.42 Å². The van der Waals surface area contributed by atoms with Crippen LogP contribution in [0.2, 0.25) is 0 Å². The number of aliphatic hydroxyl groups excluding tert-OH is 2. The van der Waals surface area contributed by atoms with Crippen molar-refractivity contribution >= 4 is 5.91 Å². The molecule has 1 amide bonds. The predicted octanol–water partition coefficient (Wildman–Crippen LogP) is 18.3. The zero-order chi connectivity index (χ0) is 44.9. The standard InChI is InChI=1S/C58H109NO3/c1-3-5-7-9-11-13-15-17-19-21-23-24-25-26-27-28-29-30-31-32-33-34-36-37-39-41-43-45-47-49-51-53-57(61)56(55-60)59-58(62)54-52-50-48-46-44-42-40-38-35-22-20-18-16-14-12-10-8-6-4-2/h6,8,12,14,18,20,35,38,56-57,60-61H,3-5,7,9-11,13,15-17,19,21-34,36-37,39-55H2,1-2H3,(H,59,62)/b8-6-,14-12-,20-18-,38-35-. The normalized spacial score (nSPS) is 13.2. The van der Waals surface area contributed by atoms with Crippen molar-refractivity contribution < 1.29 is 15.0 Å². The molecule has 4 nitrogen and oxygen atoms in total. The summed E-state index contributed by atoms with van der Waals surface area (Å²) < 4.78 is 0. The van der Waals surface area contributed by atoms with Gasteiger partial charge in [-0.2, -0.15) is 0 Å². The first-order valence-electron chi connectivity index (χ1n) is 27.8. The fraction of sp³-hybridized carbons (Fsp3) is 0.845. The minimum absolute atomic E-state index is 0.0432. The molecule has 0 aromatic rings. The topological polar surface area (TPSA) is 69.6 Å². The first kappa shape index (κ1) is 60.4. The van der Waals surface area contributed by atoms with Crippen LogP contribution in [0.15, 0.2) is 48.6 Å². The summed E-state index contributed by atoms with van der Waals surface area (Å²) in [4.78, 5) is 12.5. The first-order chi connectivity index (χ1) is 30.7. The zero-order valence-corrected chi connectivity index (χ0v) is 41.9. The Morgan fingerprint density at radius 1 is 0.403 bits per heavy atom. The molecular weight excluding hydrogens is 759 g/mol. The van der Waals surface area contributed by atoms with Gasteiger partial charge in [0.2, 0.25) is 5.91 Å². The van der Waals surface area contributed by atoms with Crippen LogP contribution in [0.5, 0.6) is 0 Å². The molecule has 0 aliphatic heterocycles. The highest BCUT2D eigenvalue weighted by Gasteiger charge is 2.20. The van der Waals surface area contributed by atoms with Crippen LogP contribution in [-0.4, -0.2) is 34.9 Å². The highest BCUT2D eigenvalue weighted by atomic mass is 16.3. The summed E-state index contributed by atoms with van der Waals surface area (Å²) in [5.41, 5.74) is 0. The summed E-state index contributed by atoms with van der Waals surface area (Å²) in [6.07, 6.45) is 73.9. The lowest BCUT2D eigenvalue weighted by molar-refractivity contribution is -0.123. The van der Waals surface area contributed by atoms with Crippen molar-refractivity contribution in [3.05, 3.63) is 48.6 Å². The number of unbranched alkanes of at least 4 members (excludes halogenated alkanes) is 36. The molecule has 364 valence electrons. The largest absolute Gasteiger partial charge is 0.394 e. The Hall–Kier alpha value is -1.65. The SMILES string of the molecule is CC/C=C\C/C=C\C/C=C\C/C=C\CCCCCCCCC(=O)NC(CO)C(O)CCCCCCCCCCCCCCCCCCCCCCCCCCCCCCCCC. The van der Waals surface area contributed by atoms with Gasteiger partial charge in [-0.25, -0.2) is 0 Å². The van der Waals surface area contributed by atoms with E-state index in [1.54, 1.807) is 0 Å². The van der Waals surface area contributed by atoms with E-state index in [-0.39, 0.29) is 12.5 Å². The van der Waals surface area contributed by atoms with Crippen LogP contribution in [-0.2, 0) is 4.79 Å². The molecule has 0 spiro atoms. The maximum absolute atomic E-state index is 12.5. The number of carbonyl (C=O) groups excluding carboxylic acids is 1. The Morgan fingerprint density at radius 3 is 1.06 bits per heavy atom. The summed E-state index contributed by atoms with van der Waals surface area (Å²) in [5.74, 6) is -0.0432. The number of hydrogen-bond acceptors (Lipinski definition) is 3. The van der Waals surface area contributed by atoms with Crippen LogP contribution < -0.4 is 5.32 Å². The molecule has 2 unspecified atom stereocenters. The molecule has 0 aromatic carbocycles. The lowest BCUT2D eigenvalue weighted by atomic mass is 10.0. The maximum atomic E-state index is 12.5. The van der Waals surface area contributed by atoms with Gasteiger partial charge in [0.15, 0.2) is 0 Å². The van der Waals surface area contributed by atoms with Crippen LogP contribution in [0.3, 0.4) is 0 Å². The van der Waals surface area contributed by atoms with Crippen LogP contribution in [0.25, 0.3) is 0 Å². The van der Waals surface area contributed by atoms with E-state index in [1.807, 2.05) is 0 Å². The third-order valence-corrected chi connectivity index (χ3v) is 12.9. The average Bonchev–Trinajstić information content (AvgIpc) is 3.28. The number of aliphatic hydroxyl groups is 2. The summed E-state index contributed by atoms with van der Waals surface area (Å²) in [6, 6.07) is -0.547. The van der Waals surface area contributed by atoms with Crippen molar-refractivity contribution in [2.45, 2.75) is 309 Å². The van der Waals surface area contributed by atoms with Crippen LogP contribution in [0, 0.1) is 0 Å². The van der Waals surface area contributed by atoms with Crippen molar-refractivity contribution in [3.8, 4) is 0 Å². The van der Waals surface area contributed by atoms with Gasteiger partial charge in [-0.3, -0.25) is 4.79 Å². The fourth-order valence-electron chi connectivity index (χ4n) is 8.65. The number of amides is 1. The molecule has 4 heteroatoms. The second kappa shape index (κ2) is 53.7. The Morgan fingerprint density at radius 2 is 0.710 bits per heavy atom. The van der Waals surface area contributed by atoms with E-state index < -0.39 is 12.1 Å². The van der Waals surface area contributed by atoms with Crippen LogP contribution in [0.1, 0.15) is 296 Å². The molecule has 0 bridgehead atoms. The van der Waals surface area contributed by atoms with Crippen LogP contribution >= 0.6 is 0 Å². The van der Waals surface area contributed by atoms with Crippen LogP contribution in [0.4, 0.5) is 0 Å². The molecule has 0 saturated carbocycles. The van der Waals surface area contributed by atoms with Gasteiger partial charge < -0.3 is 15.5 Å². The van der Waals surface area contributed by atoms with Crippen molar-refractivity contribution in [1.29, 1.82) is 0 Å². The summed E-state index contributed by atoms with van der Waals surface area (Å²) in [7, 11) is 0. The molecule has 0 heterocycles. The molecule has 0 aromatic heterocycles. The van der Waals surface area contributed by atoms with Crippen molar-refractivity contribution in [1.82, 2.24) is 5.32 Å². The molecule has 3 N–H and O–H groups in total. The summed E-state index contributed by atoms with van der Waals surface area (Å²) >= 11 is 0. The maximum Gasteiger partial charge on any atom is 0.220 e. The Kier molecular flexibility index (Phi) is 52.3. The van der Waals surface area contributed by atoms with Gasteiger partial charge in [0.25, 0.3) is 0 Å². The summed E-state index contributed by atoms with van der Waals surface area (Å²) in [5, 5.41) is 23.3. The fourth-order valence-corrected chi connectivity index (χ4v) is 8.65. The number of nitrogens with one attached hydrogen (secondary N) is 1. The minimum atomic E-state index is -0.669. The van der Waals surface area contributed by atoms with Crippen molar-refractivity contribution in [2.24, 2.45) is 0 Å². The molecule has 62 heavy (non-hydrogen) atoms. The number of carbonyl (C=O) groups is 1. The van der Waals surface area contributed by atoms with Gasteiger partial charge in [0.1, 0.15) is 0 Å². The molecule has 0 rings (SSSR count). The van der Waals surface area contributed by atoms with E-state index in [2.05, 4.69) is 67.8 Å². The molecule has 0 aliphatic carbocycles. The monoisotopic (exact) mass is 868 g/mol. The number of allylic oxidation sites excluding steroid dienone is 8. The zero-order valence-electron chi connectivity index (χ0n) is 41.9. The van der Waals surface area contributed by atoms with E-state index in [9.17, 15) is 15.0 Å². The Labute approximate surface area is 388 Å². The second-order valence-corrected chi connectivity index (χ2v) is 19.0. The van der Waals surface area contributed by atoms with Crippen molar-refractivity contribution in [3.63, 3.8) is 0 Å². The highest BCUT2D eigenvalue weighted by Crippen LogP contribution is 2.18. The smallest absolute Gasteiger partial charge is 0.220 e. The molecule has 0 fully saturated rings. The third kappa shape index (κ3) is 49.4. The van der Waals surface area contributed by atoms with E-state index in [0.29, 0.717) is 12.8 Å². The van der Waals surface area contributed by atoms with E-state index in [1.165, 1.54) is 205 Å². The molecule has 2 atom stereocenters. The van der Waals surface area contributed by atoms with Crippen molar-refractivity contribution in [2.75, 3.05) is 6.61 Å². The quantitative estimate of drug-likeness (QED) is 0.0421. The minimum Gasteiger partial charge on any atom is -0.394 e. The van der Waals surface area contributed by atoms with E-state index in [0.717, 1.165) is 64.2 Å². The third-order valence-electron chi connectivity index (χ3n) is 12.9. The molecular formula is C58H109NO3. The van der Waals surface area contributed by atoms with Gasteiger partial charge in [0.05, 0.1) is 18.8 Å². The number of rotatable bonds is 51. The van der Waals surface area contributed by atoms with Gasteiger partial charge >= 0.3 is 0 Å². The number of hydrogen-bond donors (Lipinski definition) is 3. The molecule has 0 radical (unpaired) electrons. The Bertz CT molecular complexity index is 985. The Balaban J connectivity index is 3.44.